The molecule has 0 radical (unpaired) electrons. The van der Waals surface area contributed by atoms with Crippen molar-refractivity contribution in [2.24, 2.45) is 0 Å². The van der Waals surface area contributed by atoms with Crippen LogP contribution in [0.5, 0.6) is 0 Å². The average Bonchev–Trinajstić information content (AvgIpc) is 3.23. The van der Waals surface area contributed by atoms with Crippen LogP contribution in [0.1, 0.15) is 53.5 Å². The summed E-state index contributed by atoms with van der Waals surface area (Å²) in [6, 6.07) is 8.62. The fourth-order valence-corrected chi connectivity index (χ4v) is 4.04. The van der Waals surface area contributed by atoms with Crippen molar-refractivity contribution in [3.05, 3.63) is 58.7 Å². The van der Waals surface area contributed by atoms with Crippen LogP contribution in [0.2, 0.25) is 0 Å². The van der Waals surface area contributed by atoms with Crippen molar-refractivity contribution in [1.29, 1.82) is 0 Å². The van der Waals surface area contributed by atoms with E-state index in [1.54, 1.807) is 6.20 Å². The van der Waals surface area contributed by atoms with E-state index in [4.69, 9.17) is 0 Å². The molecule has 1 aromatic heterocycles. The van der Waals surface area contributed by atoms with E-state index in [0.29, 0.717) is 6.42 Å². The Labute approximate surface area is 142 Å². The van der Waals surface area contributed by atoms with E-state index in [-0.39, 0.29) is 11.9 Å². The number of hydrogen-bond donors (Lipinski definition) is 0. The lowest BCUT2D eigenvalue weighted by Gasteiger charge is -2.24. The number of hydrogen-bond acceptors (Lipinski definition) is 3. The number of nitrogens with zero attached hydrogens (tertiary/aromatic N) is 3. The lowest BCUT2D eigenvalue weighted by molar-refractivity contribution is -0.131. The highest BCUT2D eigenvalue weighted by molar-refractivity contribution is 5.79. The van der Waals surface area contributed by atoms with E-state index in [2.05, 4.69) is 28.2 Å². The van der Waals surface area contributed by atoms with Gasteiger partial charge in [0.2, 0.25) is 5.91 Å². The van der Waals surface area contributed by atoms with Crippen LogP contribution in [0.4, 0.5) is 0 Å². The molecule has 124 valence electrons. The number of rotatable bonds is 3. The molecule has 1 aliphatic heterocycles. The van der Waals surface area contributed by atoms with Crippen molar-refractivity contribution < 1.29 is 4.79 Å². The summed E-state index contributed by atoms with van der Waals surface area (Å²) in [5.41, 5.74) is 5.01. The van der Waals surface area contributed by atoms with Crippen LogP contribution in [-0.4, -0.2) is 27.3 Å². The molecular formula is C20H23N3O. The SMILES string of the molecule is Cc1nccc([C@@H]2CCCN2C(=O)Cc2ccc3c(c2)CCC3)n1. The Morgan fingerprint density at radius 1 is 1.21 bits per heavy atom. The van der Waals surface area contributed by atoms with E-state index in [1.165, 1.54) is 24.0 Å². The highest BCUT2D eigenvalue weighted by atomic mass is 16.2. The van der Waals surface area contributed by atoms with Gasteiger partial charge in [0.05, 0.1) is 18.2 Å². The van der Waals surface area contributed by atoms with Crippen LogP contribution in [0.3, 0.4) is 0 Å². The minimum absolute atomic E-state index is 0.105. The molecular weight excluding hydrogens is 298 g/mol. The van der Waals surface area contributed by atoms with Crippen LogP contribution in [0.25, 0.3) is 0 Å². The smallest absolute Gasteiger partial charge is 0.227 e. The zero-order chi connectivity index (χ0) is 16.5. The standard InChI is InChI=1S/C20H23N3O/c1-14-21-10-9-18(22-14)19-6-3-11-23(19)20(24)13-15-7-8-16-4-2-5-17(16)12-15/h7-10,12,19H,2-6,11,13H2,1H3/t19-/m0/s1. The highest BCUT2D eigenvalue weighted by Crippen LogP contribution is 2.31. The first-order valence-electron chi connectivity index (χ1n) is 8.90. The summed E-state index contributed by atoms with van der Waals surface area (Å²) < 4.78 is 0. The fraction of sp³-hybridized carbons (Fsp3) is 0.450. The molecule has 24 heavy (non-hydrogen) atoms. The number of carbonyl (C=O) groups excluding carboxylic acids is 1. The van der Waals surface area contributed by atoms with Crippen LogP contribution < -0.4 is 0 Å². The maximum absolute atomic E-state index is 12.9. The molecule has 4 heteroatoms. The van der Waals surface area contributed by atoms with Gasteiger partial charge in [0.25, 0.3) is 0 Å². The number of aromatic nitrogens is 2. The second-order valence-electron chi connectivity index (χ2n) is 6.91. The third-order valence-electron chi connectivity index (χ3n) is 5.23. The number of benzene rings is 1. The predicted octanol–water partition coefficient (Wildman–Crippen LogP) is 3.18. The average molecular weight is 321 g/mol. The first kappa shape index (κ1) is 15.3. The first-order chi connectivity index (χ1) is 11.7. The Hall–Kier alpha value is -2.23. The summed E-state index contributed by atoms with van der Waals surface area (Å²) in [4.78, 5) is 23.6. The lowest BCUT2D eigenvalue weighted by atomic mass is 10.0. The molecule has 4 rings (SSSR count). The third-order valence-corrected chi connectivity index (χ3v) is 5.23. The van der Waals surface area contributed by atoms with Gasteiger partial charge in [0.1, 0.15) is 5.82 Å². The van der Waals surface area contributed by atoms with Gasteiger partial charge >= 0.3 is 0 Å². The summed E-state index contributed by atoms with van der Waals surface area (Å²) in [7, 11) is 0. The Morgan fingerprint density at radius 2 is 2.08 bits per heavy atom. The summed E-state index contributed by atoms with van der Waals surface area (Å²) in [6.45, 7) is 2.73. The molecule has 1 aromatic carbocycles. The largest absolute Gasteiger partial charge is 0.334 e. The number of aryl methyl sites for hydroxylation is 3. The van der Waals surface area contributed by atoms with Gasteiger partial charge in [-0.3, -0.25) is 4.79 Å². The molecule has 0 N–H and O–H groups in total. The molecule has 2 aromatic rings. The van der Waals surface area contributed by atoms with Gasteiger partial charge in [-0.05, 0) is 61.8 Å². The molecule has 1 atom stereocenters. The molecule has 1 fully saturated rings. The van der Waals surface area contributed by atoms with Crippen LogP contribution >= 0.6 is 0 Å². The molecule has 0 saturated carbocycles. The molecule has 0 spiro atoms. The lowest BCUT2D eigenvalue weighted by Crippen LogP contribution is -2.32. The Morgan fingerprint density at radius 3 is 2.96 bits per heavy atom. The molecule has 1 saturated heterocycles. The molecule has 1 amide bonds. The quantitative estimate of drug-likeness (QED) is 0.872. The predicted molar refractivity (Wildman–Crippen MR) is 92.6 cm³/mol. The van der Waals surface area contributed by atoms with E-state index in [0.717, 1.165) is 42.9 Å². The zero-order valence-electron chi connectivity index (χ0n) is 14.2. The topological polar surface area (TPSA) is 46.1 Å². The fourth-order valence-electron chi connectivity index (χ4n) is 4.04. The van der Waals surface area contributed by atoms with Crippen LogP contribution in [0.15, 0.2) is 30.5 Å². The van der Waals surface area contributed by atoms with E-state index in [1.807, 2.05) is 17.9 Å². The maximum atomic E-state index is 12.9. The summed E-state index contributed by atoms with van der Waals surface area (Å²) in [5, 5.41) is 0. The molecule has 1 aliphatic carbocycles. The molecule has 2 heterocycles. The van der Waals surface area contributed by atoms with E-state index >= 15 is 0 Å². The van der Waals surface area contributed by atoms with Crippen LogP contribution in [-0.2, 0) is 24.1 Å². The second kappa shape index (κ2) is 6.34. The zero-order valence-corrected chi connectivity index (χ0v) is 14.2. The third kappa shape index (κ3) is 2.93. The molecule has 0 unspecified atom stereocenters. The van der Waals surface area contributed by atoms with Crippen molar-refractivity contribution in [2.45, 2.75) is 51.5 Å². The monoisotopic (exact) mass is 321 g/mol. The van der Waals surface area contributed by atoms with E-state index < -0.39 is 0 Å². The van der Waals surface area contributed by atoms with Crippen molar-refractivity contribution in [1.82, 2.24) is 14.9 Å². The maximum Gasteiger partial charge on any atom is 0.227 e. The summed E-state index contributed by atoms with van der Waals surface area (Å²) in [5.74, 6) is 0.983. The summed E-state index contributed by atoms with van der Waals surface area (Å²) in [6.07, 6.45) is 7.91. The molecule has 0 bridgehead atoms. The van der Waals surface area contributed by atoms with Gasteiger partial charge in [-0.2, -0.15) is 0 Å². The Bertz CT molecular complexity index is 771. The Balaban J connectivity index is 1.51. The van der Waals surface area contributed by atoms with Gasteiger partial charge < -0.3 is 4.90 Å². The number of fused-ring (bicyclic) bond motifs is 1. The second-order valence-corrected chi connectivity index (χ2v) is 6.91. The van der Waals surface area contributed by atoms with Crippen LogP contribution in [0, 0.1) is 6.92 Å². The minimum atomic E-state index is 0.105. The molecule has 4 nitrogen and oxygen atoms in total. The first-order valence-corrected chi connectivity index (χ1v) is 8.90. The number of amides is 1. The van der Waals surface area contributed by atoms with Crippen molar-refractivity contribution in [3.8, 4) is 0 Å². The normalized spacial score (nSPS) is 19.5. The van der Waals surface area contributed by atoms with Crippen molar-refractivity contribution in [3.63, 3.8) is 0 Å². The number of likely N-dealkylation sites (tertiary alicyclic amines) is 1. The van der Waals surface area contributed by atoms with Gasteiger partial charge in [0.15, 0.2) is 0 Å². The number of carbonyl (C=O) groups is 1. The molecule has 2 aliphatic rings. The Kier molecular flexibility index (Phi) is 4.05. The summed E-state index contributed by atoms with van der Waals surface area (Å²) >= 11 is 0. The van der Waals surface area contributed by atoms with Crippen molar-refractivity contribution >= 4 is 5.91 Å². The van der Waals surface area contributed by atoms with Gasteiger partial charge in [-0.1, -0.05) is 18.2 Å². The minimum Gasteiger partial charge on any atom is -0.334 e. The van der Waals surface area contributed by atoms with E-state index in [9.17, 15) is 4.79 Å². The highest BCUT2D eigenvalue weighted by Gasteiger charge is 2.31. The van der Waals surface area contributed by atoms with Gasteiger partial charge in [-0.25, -0.2) is 9.97 Å². The van der Waals surface area contributed by atoms with Gasteiger partial charge in [-0.15, -0.1) is 0 Å². The van der Waals surface area contributed by atoms with Gasteiger partial charge in [0, 0.05) is 12.7 Å². The van der Waals surface area contributed by atoms with Crippen molar-refractivity contribution in [2.75, 3.05) is 6.54 Å².